The first-order valence-electron chi connectivity index (χ1n) is 6.08. The number of pyridine rings is 1. The smallest absolute Gasteiger partial charge is 0.275 e. The molecule has 0 saturated carbocycles. The Bertz CT molecular complexity index is 828. The van der Waals surface area contributed by atoms with E-state index in [2.05, 4.69) is 20.1 Å². The van der Waals surface area contributed by atoms with Crippen molar-refractivity contribution in [3.05, 3.63) is 46.8 Å². The molecule has 0 aliphatic heterocycles. The van der Waals surface area contributed by atoms with Gasteiger partial charge in [0.05, 0.1) is 5.69 Å². The minimum absolute atomic E-state index is 0.281. The Hall–Kier alpha value is -2.54. The maximum absolute atomic E-state index is 11.8. The van der Waals surface area contributed by atoms with Crippen LogP contribution in [0.2, 0.25) is 0 Å². The predicted molar refractivity (Wildman–Crippen MR) is 72.5 cm³/mol. The second-order valence-electron chi connectivity index (χ2n) is 4.98. The summed E-state index contributed by atoms with van der Waals surface area (Å²) in [4.78, 5) is 24.1. The van der Waals surface area contributed by atoms with Crippen molar-refractivity contribution in [2.45, 2.75) is 19.4 Å². The molecule has 3 aromatic rings. The molecule has 7 heteroatoms. The van der Waals surface area contributed by atoms with Crippen molar-refractivity contribution in [2.24, 2.45) is 0 Å². The summed E-state index contributed by atoms with van der Waals surface area (Å²) < 4.78 is 1.48. The molecule has 3 aromatic heterocycles. The van der Waals surface area contributed by atoms with Crippen molar-refractivity contribution < 1.29 is 5.11 Å². The summed E-state index contributed by atoms with van der Waals surface area (Å²) >= 11 is 0. The van der Waals surface area contributed by atoms with Crippen LogP contribution in [0.1, 0.15) is 19.5 Å². The van der Waals surface area contributed by atoms with E-state index in [1.807, 2.05) is 0 Å². The van der Waals surface area contributed by atoms with Gasteiger partial charge < -0.3 is 5.11 Å². The molecular formula is C13H13N5O2. The van der Waals surface area contributed by atoms with Crippen LogP contribution in [0.3, 0.4) is 0 Å². The molecule has 0 aliphatic rings. The van der Waals surface area contributed by atoms with Gasteiger partial charge in [0.2, 0.25) is 0 Å². The molecule has 0 fully saturated rings. The predicted octanol–water partition coefficient (Wildman–Crippen LogP) is 0.731. The van der Waals surface area contributed by atoms with E-state index in [1.54, 1.807) is 32.0 Å². The van der Waals surface area contributed by atoms with Crippen LogP contribution in [-0.2, 0) is 5.60 Å². The Morgan fingerprint density at radius 3 is 2.90 bits per heavy atom. The van der Waals surface area contributed by atoms with Crippen LogP contribution in [0, 0.1) is 0 Å². The monoisotopic (exact) mass is 271 g/mol. The molecule has 102 valence electrons. The highest BCUT2D eigenvalue weighted by atomic mass is 16.3. The van der Waals surface area contributed by atoms with E-state index in [0.29, 0.717) is 22.5 Å². The number of aromatic amines is 1. The lowest BCUT2D eigenvalue weighted by atomic mass is 10.1. The van der Waals surface area contributed by atoms with Crippen LogP contribution < -0.4 is 5.56 Å². The summed E-state index contributed by atoms with van der Waals surface area (Å²) in [6.45, 7) is 3.30. The van der Waals surface area contributed by atoms with Gasteiger partial charge in [0, 0.05) is 6.20 Å². The number of hydrogen-bond donors (Lipinski definition) is 2. The quantitative estimate of drug-likeness (QED) is 0.716. The number of nitrogens with one attached hydrogen (secondary N) is 1. The Morgan fingerprint density at radius 2 is 2.15 bits per heavy atom. The van der Waals surface area contributed by atoms with Crippen molar-refractivity contribution in [3.63, 3.8) is 0 Å². The van der Waals surface area contributed by atoms with Crippen molar-refractivity contribution in [2.75, 3.05) is 0 Å². The van der Waals surface area contributed by atoms with E-state index in [4.69, 9.17) is 0 Å². The minimum atomic E-state index is -1.06. The summed E-state index contributed by atoms with van der Waals surface area (Å²) in [6.07, 6.45) is 2.82. The zero-order valence-electron chi connectivity index (χ0n) is 11.0. The van der Waals surface area contributed by atoms with E-state index >= 15 is 0 Å². The van der Waals surface area contributed by atoms with Gasteiger partial charge in [-0.1, -0.05) is 6.07 Å². The zero-order valence-corrected chi connectivity index (χ0v) is 11.0. The highest BCUT2D eigenvalue weighted by molar-refractivity contribution is 5.74. The van der Waals surface area contributed by atoms with E-state index in [0.717, 1.165) is 0 Å². The fourth-order valence-electron chi connectivity index (χ4n) is 1.93. The van der Waals surface area contributed by atoms with Crippen LogP contribution in [0.5, 0.6) is 0 Å². The maximum atomic E-state index is 11.8. The molecule has 0 radical (unpaired) electrons. The van der Waals surface area contributed by atoms with Gasteiger partial charge in [0.15, 0.2) is 11.5 Å². The van der Waals surface area contributed by atoms with Gasteiger partial charge in [0.1, 0.15) is 17.3 Å². The first kappa shape index (κ1) is 12.5. The third kappa shape index (κ3) is 1.97. The number of H-pyrrole nitrogens is 1. The molecule has 0 spiro atoms. The molecule has 0 bridgehead atoms. The molecular weight excluding hydrogens is 258 g/mol. The molecule has 3 heterocycles. The lowest BCUT2D eigenvalue weighted by Gasteiger charge is -2.17. The summed E-state index contributed by atoms with van der Waals surface area (Å²) in [7, 11) is 0. The van der Waals surface area contributed by atoms with Gasteiger partial charge in [-0.15, -0.1) is 0 Å². The number of fused-ring (bicyclic) bond motifs is 1. The Morgan fingerprint density at radius 1 is 1.35 bits per heavy atom. The number of rotatable bonds is 2. The second-order valence-corrected chi connectivity index (χ2v) is 4.98. The zero-order chi connectivity index (χ0) is 14.3. The van der Waals surface area contributed by atoms with Crippen molar-refractivity contribution in [1.82, 2.24) is 24.7 Å². The Balaban J connectivity index is 2.24. The molecule has 0 aromatic carbocycles. The van der Waals surface area contributed by atoms with Gasteiger partial charge in [-0.2, -0.15) is 0 Å². The van der Waals surface area contributed by atoms with E-state index in [-0.39, 0.29) is 5.56 Å². The molecule has 2 N–H and O–H groups in total. The first-order chi connectivity index (χ1) is 9.47. The molecule has 7 nitrogen and oxygen atoms in total. The number of aliphatic hydroxyl groups is 1. The lowest BCUT2D eigenvalue weighted by molar-refractivity contribution is 0.0738. The number of hydrogen-bond acceptors (Lipinski definition) is 5. The third-order valence-electron chi connectivity index (χ3n) is 2.95. The Kier molecular flexibility index (Phi) is 2.65. The highest BCUT2D eigenvalue weighted by Crippen LogP contribution is 2.19. The van der Waals surface area contributed by atoms with Crippen LogP contribution >= 0.6 is 0 Å². The Labute approximate surface area is 113 Å². The van der Waals surface area contributed by atoms with Gasteiger partial charge in [0.25, 0.3) is 5.56 Å². The summed E-state index contributed by atoms with van der Waals surface area (Å²) in [5, 5.41) is 13.1. The van der Waals surface area contributed by atoms with Gasteiger partial charge >= 0.3 is 0 Å². The van der Waals surface area contributed by atoms with E-state index < -0.39 is 5.60 Å². The molecule has 0 aliphatic carbocycles. The number of nitrogens with zero attached hydrogens (tertiary/aromatic N) is 4. The molecule has 20 heavy (non-hydrogen) atoms. The minimum Gasteiger partial charge on any atom is -0.384 e. The maximum Gasteiger partial charge on any atom is 0.275 e. The van der Waals surface area contributed by atoms with Crippen molar-refractivity contribution >= 4 is 11.0 Å². The normalized spacial score (nSPS) is 11.9. The summed E-state index contributed by atoms with van der Waals surface area (Å²) in [6, 6.07) is 5.22. The molecule has 3 rings (SSSR count). The second kappa shape index (κ2) is 4.24. The lowest BCUT2D eigenvalue weighted by Crippen LogP contribution is -2.18. The molecule has 0 unspecified atom stereocenters. The summed E-state index contributed by atoms with van der Waals surface area (Å²) in [5.74, 6) is 0.482. The molecule has 0 atom stereocenters. The van der Waals surface area contributed by atoms with Crippen molar-refractivity contribution in [1.29, 1.82) is 0 Å². The fourth-order valence-corrected chi connectivity index (χ4v) is 1.93. The van der Waals surface area contributed by atoms with Gasteiger partial charge in [-0.3, -0.25) is 9.89 Å². The first-order valence-corrected chi connectivity index (χ1v) is 6.08. The SMILES string of the molecule is CC(C)(O)c1cccc(-n2[nH]c(=O)c3cncnc32)n1. The van der Waals surface area contributed by atoms with E-state index in [9.17, 15) is 9.90 Å². The highest BCUT2D eigenvalue weighted by Gasteiger charge is 2.19. The largest absolute Gasteiger partial charge is 0.384 e. The summed E-state index contributed by atoms with van der Waals surface area (Å²) in [5.41, 5.74) is -0.387. The average molecular weight is 271 g/mol. The van der Waals surface area contributed by atoms with Crippen LogP contribution in [-0.4, -0.2) is 29.8 Å². The number of aromatic nitrogens is 5. The van der Waals surface area contributed by atoms with Gasteiger partial charge in [-0.25, -0.2) is 19.6 Å². The fraction of sp³-hybridized carbons (Fsp3) is 0.231. The molecule has 0 amide bonds. The van der Waals surface area contributed by atoms with E-state index in [1.165, 1.54) is 17.2 Å². The van der Waals surface area contributed by atoms with Crippen LogP contribution in [0.4, 0.5) is 0 Å². The van der Waals surface area contributed by atoms with Gasteiger partial charge in [-0.05, 0) is 26.0 Å². The average Bonchev–Trinajstić information content (AvgIpc) is 2.76. The molecule has 0 saturated heterocycles. The topological polar surface area (TPSA) is 96.7 Å². The van der Waals surface area contributed by atoms with Crippen LogP contribution in [0.15, 0.2) is 35.5 Å². The standard InChI is InChI=1S/C13H13N5O2/c1-13(2,20)9-4-3-5-10(16-9)18-11-8(12(19)17-18)6-14-7-15-11/h3-7,20H,1-2H3,(H,17,19). The third-order valence-corrected chi connectivity index (χ3v) is 2.95. The van der Waals surface area contributed by atoms with Crippen LogP contribution in [0.25, 0.3) is 16.9 Å². The van der Waals surface area contributed by atoms with Crippen molar-refractivity contribution in [3.8, 4) is 5.82 Å².